The van der Waals surface area contributed by atoms with Gasteiger partial charge in [0, 0.05) is 46.8 Å². The average molecular weight is 406 g/mol. The Labute approximate surface area is 168 Å². The molecule has 152 valence electrons. The van der Waals surface area contributed by atoms with Crippen LogP contribution in [0.1, 0.15) is 34.5 Å². The van der Waals surface area contributed by atoms with Gasteiger partial charge >= 0.3 is 0 Å². The van der Waals surface area contributed by atoms with Crippen molar-refractivity contribution in [2.45, 2.75) is 26.2 Å². The molecule has 2 aromatic heterocycles. The van der Waals surface area contributed by atoms with Crippen LogP contribution in [-0.2, 0) is 9.53 Å². The monoisotopic (exact) mass is 405 g/mol. The second-order valence-electron chi connectivity index (χ2n) is 6.94. The number of amides is 2. The number of aromatic nitrogens is 2. The van der Waals surface area contributed by atoms with E-state index in [1.54, 1.807) is 19.1 Å². The van der Waals surface area contributed by atoms with Gasteiger partial charge in [0.1, 0.15) is 17.0 Å². The number of ether oxygens (including phenoxy) is 1. The molecule has 1 aliphatic heterocycles. The molecule has 0 atom stereocenters. The van der Waals surface area contributed by atoms with Crippen LogP contribution >= 0.6 is 11.3 Å². The average Bonchev–Trinajstić information content (AvgIpc) is 3.26. The first-order chi connectivity index (χ1) is 13.5. The van der Waals surface area contributed by atoms with Crippen molar-refractivity contribution < 1.29 is 14.3 Å². The fraction of sp³-hybridized carbons (Fsp3) is 0.579. The van der Waals surface area contributed by atoms with Crippen molar-refractivity contribution in [3.63, 3.8) is 0 Å². The minimum atomic E-state index is -0.0314. The lowest BCUT2D eigenvalue weighted by Crippen LogP contribution is -2.29. The van der Waals surface area contributed by atoms with Crippen LogP contribution in [0.25, 0.3) is 10.2 Å². The number of likely N-dealkylation sites (tertiary alicyclic amines) is 1. The van der Waals surface area contributed by atoms with Crippen LogP contribution in [0.3, 0.4) is 0 Å². The molecule has 0 bridgehead atoms. The molecular weight excluding hydrogens is 378 g/mol. The van der Waals surface area contributed by atoms with E-state index in [1.165, 1.54) is 17.7 Å². The fourth-order valence-electron chi connectivity index (χ4n) is 3.33. The van der Waals surface area contributed by atoms with E-state index in [0.29, 0.717) is 31.0 Å². The summed E-state index contributed by atoms with van der Waals surface area (Å²) in [6.07, 6.45) is 4.01. The molecule has 0 radical (unpaired) electrons. The van der Waals surface area contributed by atoms with Crippen LogP contribution in [-0.4, -0.2) is 78.5 Å². The Morgan fingerprint density at radius 1 is 1.43 bits per heavy atom. The van der Waals surface area contributed by atoms with Crippen molar-refractivity contribution in [1.82, 2.24) is 19.8 Å². The van der Waals surface area contributed by atoms with Crippen molar-refractivity contribution in [1.29, 1.82) is 0 Å². The lowest BCUT2D eigenvalue weighted by atomic mass is 10.2. The SMILES string of the molecule is COCCN(C)C(=O)c1sc2ncnc(NCCCN3CCCC3=O)c2c1C. The Balaban J connectivity index is 1.69. The number of carbonyl (C=O) groups is 2. The van der Waals surface area contributed by atoms with Gasteiger partial charge in [0.05, 0.1) is 16.9 Å². The molecule has 1 N–H and O–H groups in total. The standard InChI is InChI=1S/C19H27N5O3S/c1-13-15-17(20-7-5-9-24-8-4-6-14(24)25)21-12-22-18(15)28-16(13)19(26)23(2)10-11-27-3/h12H,4-11H2,1-3H3,(H,20,21,22). The van der Waals surface area contributed by atoms with E-state index in [-0.39, 0.29) is 11.8 Å². The highest BCUT2D eigenvalue weighted by atomic mass is 32.1. The number of hydrogen-bond acceptors (Lipinski definition) is 7. The molecule has 2 aromatic rings. The van der Waals surface area contributed by atoms with Crippen LogP contribution in [0.4, 0.5) is 5.82 Å². The summed E-state index contributed by atoms with van der Waals surface area (Å²) in [7, 11) is 3.39. The van der Waals surface area contributed by atoms with Crippen molar-refractivity contribution in [2.75, 3.05) is 52.3 Å². The number of carbonyl (C=O) groups excluding carboxylic acids is 2. The van der Waals surface area contributed by atoms with Gasteiger partial charge < -0.3 is 19.9 Å². The number of rotatable bonds is 9. The van der Waals surface area contributed by atoms with E-state index in [2.05, 4.69) is 15.3 Å². The summed E-state index contributed by atoms with van der Waals surface area (Å²) in [5.41, 5.74) is 0.895. The van der Waals surface area contributed by atoms with E-state index in [9.17, 15) is 9.59 Å². The summed E-state index contributed by atoms with van der Waals surface area (Å²) < 4.78 is 5.06. The smallest absolute Gasteiger partial charge is 0.264 e. The molecule has 1 saturated heterocycles. The Morgan fingerprint density at radius 3 is 2.96 bits per heavy atom. The third-order valence-corrected chi connectivity index (χ3v) is 6.16. The topological polar surface area (TPSA) is 87.7 Å². The summed E-state index contributed by atoms with van der Waals surface area (Å²) in [5.74, 6) is 0.958. The number of likely N-dealkylation sites (N-methyl/N-ethyl adjacent to an activating group) is 1. The maximum atomic E-state index is 12.8. The molecular formula is C19H27N5O3S. The predicted molar refractivity (Wildman–Crippen MR) is 110 cm³/mol. The number of nitrogens with one attached hydrogen (secondary N) is 1. The Morgan fingerprint density at radius 2 is 2.25 bits per heavy atom. The van der Waals surface area contributed by atoms with Gasteiger partial charge in [-0.1, -0.05) is 0 Å². The maximum absolute atomic E-state index is 12.8. The summed E-state index contributed by atoms with van der Waals surface area (Å²) in [4.78, 5) is 38.2. The van der Waals surface area contributed by atoms with Crippen molar-refractivity contribution in [3.05, 3.63) is 16.8 Å². The van der Waals surface area contributed by atoms with E-state index in [4.69, 9.17) is 4.74 Å². The van der Waals surface area contributed by atoms with Gasteiger partial charge in [-0.15, -0.1) is 11.3 Å². The molecule has 2 amide bonds. The van der Waals surface area contributed by atoms with Gasteiger partial charge in [0.15, 0.2) is 0 Å². The first kappa shape index (κ1) is 20.5. The molecule has 1 fully saturated rings. The van der Waals surface area contributed by atoms with Crippen LogP contribution in [0, 0.1) is 6.92 Å². The van der Waals surface area contributed by atoms with Gasteiger partial charge in [-0.05, 0) is 25.3 Å². The lowest BCUT2D eigenvalue weighted by molar-refractivity contribution is -0.127. The van der Waals surface area contributed by atoms with Crippen LogP contribution in [0.15, 0.2) is 6.33 Å². The first-order valence-electron chi connectivity index (χ1n) is 9.53. The largest absolute Gasteiger partial charge is 0.383 e. The molecule has 0 aromatic carbocycles. The van der Waals surface area contributed by atoms with Gasteiger partial charge in [0.2, 0.25) is 5.91 Å². The first-order valence-corrected chi connectivity index (χ1v) is 10.3. The van der Waals surface area contributed by atoms with Gasteiger partial charge in [-0.3, -0.25) is 9.59 Å². The van der Waals surface area contributed by atoms with E-state index in [1.807, 2.05) is 11.8 Å². The molecule has 0 unspecified atom stereocenters. The molecule has 0 spiro atoms. The summed E-state index contributed by atoms with van der Waals surface area (Å²) in [6, 6.07) is 0. The number of methoxy groups -OCH3 is 1. The zero-order valence-corrected chi connectivity index (χ0v) is 17.5. The molecule has 1 aliphatic rings. The molecule has 0 saturated carbocycles. The highest BCUT2D eigenvalue weighted by Gasteiger charge is 2.22. The number of thiophene rings is 1. The number of nitrogens with zero attached hydrogens (tertiary/aromatic N) is 4. The van der Waals surface area contributed by atoms with Crippen molar-refractivity contribution in [2.24, 2.45) is 0 Å². The zero-order valence-electron chi connectivity index (χ0n) is 16.7. The molecule has 8 nitrogen and oxygen atoms in total. The lowest BCUT2D eigenvalue weighted by Gasteiger charge is -2.16. The highest BCUT2D eigenvalue weighted by molar-refractivity contribution is 7.20. The quantitative estimate of drug-likeness (QED) is 0.643. The van der Waals surface area contributed by atoms with E-state index < -0.39 is 0 Å². The van der Waals surface area contributed by atoms with Crippen molar-refractivity contribution >= 4 is 39.2 Å². The van der Waals surface area contributed by atoms with Gasteiger partial charge in [0.25, 0.3) is 5.91 Å². The highest BCUT2D eigenvalue weighted by Crippen LogP contribution is 2.33. The minimum absolute atomic E-state index is 0.0314. The van der Waals surface area contributed by atoms with Crippen LogP contribution < -0.4 is 5.32 Å². The minimum Gasteiger partial charge on any atom is -0.383 e. The summed E-state index contributed by atoms with van der Waals surface area (Å²) in [6.45, 7) is 5.31. The molecule has 3 heterocycles. The van der Waals surface area contributed by atoms with Gasteiger partial charge in [-0.2, -0.15) is 0 Å². The number of aryl methyl sites for hydroxylation is 1. The predicted octanol–water partition coefficient (Wildman–Crippen LogP) is 2.14. The maximum Gasteiger partial charge on any atom is 0.264 e. The summed E-state index contributed by atoms with van der Waals surface area (Å²) >= 11 is 1.39. The Hall–Kier alpha value is -2.26. The number of fused-ring (bicyclic) bond motifs is 1. The molecule has 28 heavy (non-hydrogen) atoms. The molecule has 0 aliphatic carbocycles. The zero-order chi connectivity index (χ0) is 20.1. The van der Waals surface area contributed by atoms with E-state index >= 15 is 0 Å². The van der Waals surface area contributed by atoms with Gasteiger partial charge in [-0.25, -0.2) is 9.97 Å². The fourth-order valence-corrected chi connectivity index (χ4v) is 4.47. The molecule has 3 rings (SSSR count). The number of hydrogen-bond donors (Lipinski definition) is 1. The second kappa shape index (κ2) is 9.29. The number of anilines is 1. The second-order valence-corrected chi connectivity index (χ2v) is 7.94. The Bertz CT molecular complexity index is 853. The summed E-state index contributed by atoms with van der Waals surface area (Å²) in [5, 5.41) is 4.25. The third kappa shape index (κ3) is 4.41. The third-order valence-electron chi connectivity index (χ3n) is 4.97. The van der Waals surface area contributed by atoms with E-state index in [0.717, 1.165) is 47.5 Å². The molecule has 9 heteroatoms. The normalized spacial score (nSPS) is 14.1. The van der Waals surface area contributed by atoms with Crippen LogP contribution in [0.5, 0.6) is 0 Å². The van der Waals surface area contributed by atoms with Crippen molar-refractivity contribution in [3.8, 4) is 0 Å². The Kier molecular flexibility index (Phi) is 6.79. The van der Waals surface area contributed by atoms with Crippen LogP contribution in [0.2, 0.25) is 0 Å².